The highest BCUT2D eigenvalue weighted by Crippen LogP contribution is 2.16. The van der Waals surface area contributed by atoms with E-state index in [1.165, 1.54) is 179 Å². The van der Waals surface area contributed by atoms with Crippen molar-refractivity contribution in [3.63, 3.8) is 0 Å². The zero-order valence-electron chi connectivity index (χ0n) is 23.9. The molecule has 0 aliphatic rings. The molecule has 1 heterocycles. The van der Waals surface area contributed by atoms with Crippen LogP contribution in [0.25, 0.3) is 0 Å². The minimum absolute atomic E-state index is 1.21. The minimum atomic E-state index is 1.21. The van der Waals surface area contributed by atoms with E-state index < -0.39 is 0 Å². The van der Waals surface area contributed by atoms with Crippen LogP contribution < -0.4 is 0 Å². The Morgan fingerprint density at radius 2 is 0.714 bits per heavy atom. The van der Waals surface area contributed by atoms with E-state index in [-0.39, 0.29) is 0 Å². The van der Waals surface area contributed by atoms with Crippen molar-refractivity contribution in [1.82, 2.24) is 4.98 Å². The number of unbranched alkanes of at least 4 members (excludes halogenated alkanes) is 26. The van der Waals surface area contributed by atoms with Crippen LogP contribution in [0.15, 0.2) is 24.5 Å². The van der Waals surface area contributed by atoms with Crippen LogP contribution >= 0.6 is 0 Å². The highest BCUT2D eigenvalue weighted by atomic mass is 14.6. The van der Waals surface area contributed by atoms with Crippen LogP contribution in [-0.4, -0.2) is 4.98 Å². The minimum Gasteiger partial charge on any atom is -0.265 e. The van der Waals surface area contributed by atoms with Gasteiger partial charge < -0.3 is 0 Å². The average Bonchev–Trinajstić information content (AvgIpc) is 2.89. The van der Waals surface area contributed by atoms with Gasteiger partial charge in [0.1, 0.15) is 0 Å². The summed E-state index contributed by atoms with van der Waals surface area (Å²) in [5.41, 5.74) is 1.32. The van der Waals surface area contributed by atoms with Crippen LogP contribution in [0.3, 0.4) is 0 Å². The summed E-state index contributed by atoms with van der Waals surface area (Å²) in [6.07, 6.45) is 45.3. The van der Waals surface area contributed by atoms with Gasteiger partial charge in [0.2, 0.25) is 0 Å². The first-order valence-corrected chi connectivity index (χ1v) is 16.2. The molecule has 0 bridgehead atoms. The summed E-state index contributed by atoms with van der Waals surface area (Å²) in [6.45, 7) is 2.30. The van der Waals surface area contributed by atoms with E-state index in [9.17, 15) is 0 Å². The molecule has 0 saturated heterocycles. The van der Waals surface area contributed by atoms with E-state index in [2.05, 4.69) is 30.5 Å². The van der Waals surface area contributed by atoms with Gasteiger partial charge in [0.25, 0.3) is 0 Å². The molecule has 0 aliphatic heterocycles. The van der Waals surface area contributed by atoms with Crippen molar-refractivity contribution in [3.05, 3.63) is 36.5 Å². The topological polar surface area (TPSA) is 12.9 Å². The molecule has 0 spiro atoms. The Bertz CT molecular complexity index is 497. The Morgan fingerprint density at radius 3 is 1.03 bits per heavy atom. The van der Waals surface area contributed by atoms with E-state index in [1.807, 2.05) is 12.4 Å². The fraction of sp³-hybridized carbons (Fsp3) is 0.824. The molecule has 0 unspecified atom stereocenters. The van der Waals surface area contributed by atoms with Gasteiger partial charge in [-0.3, -0.25) is 4.98 Å². The van der Waals surface area contributed by atoms with Crippen molar-refractivity contribution < 1.29 is 0 Å². The number of nitrogens with zero attached hydrogens (tertiary/aromatic N) is 1. The average molecular weight is 485 g/mol. The van der Waals surface area contributed by atoms with Gasteiger partial charge in [0.15, 0.2) is 0 Å². The number of hydrogen-bond acceptors (Lipinski definition) is 1. The van der Waals surface area contributed by atoms with Crippen LogP contribution in [0.2, 0.25) is 0 Å². The molecule has 0 aromatic carbocycles. The monoisotopic (exact) mass is 484 g/mol. The maximum absolute atomic E-state index is 4.07. The van der Waals surface area contributed by atoms with E-state index in [1.54, 1.807) is 0 Å². The van der Waals surface area contributed by atoms with Gasteiger partial charge >= 0.3 is 0 Å². The van der Waals surface area contributed by atoms with Crippen LogP contribution in [-0.2, 0) is 0 Å². The Labute approximate surface area is 221 Å². The van der Waals surface area contributed by atoms with Crippen LogP contribution in [0.5, 0.6) is 0 Å². The van der Waals surface area contributed by atoms with Gasteiger partial charge in [-0.1, -0.05) is 174 Å². The van der Waals surface area contributed by atoms with Crippen LogP contribution in [0, 0.1) is 6.42 Å². The summed E-state index contributed by atoms with van der Waals surface area (Å²) in [6, 6.07) is 4.20. The molecular weight excluding hydrogens is 422 g/mol. The molecule has 1 heteroatoms. The molecule has 0 atom stereocenters. The molecule has 0 N–H and O–H groups in total. The quantitative estimate of drug-likeness (QED) is 0.108. The maximum atomic E-state index is 4.07. The Kier molecular flexibility index (Phi) is 25.5. The molecule has 0 aliphatic carbocycles. The molecule has 0 fully saturated rings. The number of aromatic nitrogens is 1. The van der Waals surface area contributed by atoms with E-state index >= 15 is 0 Å². The SMILES string of the molecule is CCCCCCCCCCCCCCCCCCCCCCCCCCCC[CH]c1ccncc1. The number of hydrogen-bond donors (Lipinski definition) is 0. The van der Waals surface area contributed by atoms with Crippen molar-refractivity contribution in [3.8, 4) is 0 Å². The summed E-state index contributed by atoms with van der Waals surface area (Å²) in [7, 11) is 0. The summed E-state index contributed by atoms with van der Waals surface area (Å²) >= 11 is 0. The molecule has 35 heavy (non-hydrogen) atoms. The van der Waals surface area contributed by atoms with E-state index in [4.69, 9.17) is 0 Å². The van der Waals surface area contributed by atoms with Crippen molar-refractivity contribution in [1.29, 1.82) is 0 Å². The summed E-state index contributed by atoms with van der Waals surface area (Å²) in [5.74, 6) is 0. The lowest BCUT2D eigenvalue weighted by molar-refractivity contribution is 0.515. The van der Waals surface area contributed by atoms with Gasteiger partial charge in [0, 0.05) is 12.4 Å². The molecule has 203 valence electrons. The highest BCUT2D eigenvalue weighted by Gasteiger charge is 1.97. The summed E-state index contributed by atoms with van der Waals surface area (Å²) in [5, 5.41) is 0. The van der Waals surface area contributed by atoms with Gasteiger partial charge in [0.05, 0.1) is 0 Å². The lowest BCUT2D eigenvalue weighted by Crippen LogP contribution is -1.85. The second kappa shape index (κ2) is 27.7. The fourth-order valence-electron chi connectivity index (χ4n) is 5.23. The van der Waals surface area contributed by atoms with Crippen molar-refractivity contribution in [2.24, 2.45) is 0 Å². The molecule has 0 amide bonds. The van der Waals surface area contributed by atoms with Crippen molar-refractivity contribution >= 4 is 0 Å². The van der Waals surface area contributed by atoms with E-state index in [0.29, 0.717) is 0 Å². The molecule has 1 nitrogen and oxygen atoms in total. The Balaban J connectivity index is 1.63. The first-order valence-electron chi connectivity index (χ1n) is 16.2. The third-order valence-corrected chi connectivity index (χ3v) is 7.64. The largest absolute Gasteiger partial charge is 0.265 e. The number of pyridine rings is 1. The normalized spacial score (nSPS) is 11.3. The Morgan fingerprint density at radius 1 is 0.429 bits per heavy atom. The first kappa shape index (κ1) is 32.2. The second-order valence-electron chi connectivity index (χ2n) is 11.1. The first-order chi connectivity index (χ1) is 17.4. The summed E-state index contributed by atoms with van der Waals surface area (Å²) < 4.78 is 0. The van der Waals surface area contributed by atoms with Gasteiger partial charge in [-0.15, -0.1) is 0 Å². The predicted molar refractivity (Wildman–Crippen MR) is 158 cm³/mol. The van der Waals surface area contributed by atoms with Gasteiger partial charge in [-0.25, -0.2) is 0 Å². The third kappa shape index (κ3) is 24.6. The van der Waals surface area contributed by atoms with Gasteiger partial charge in [-0.2, -0.15) is 0 Å². The highest BCUT2D eigenvalue weighted by molar-refractivity contribution is 5.18. The lowest BCUT2D eigenvalue weighted by atomic mass is 10.0. The molecule has 1 radical (unpaired) electrons. The van der Waals surface area contributed by atoms with Crippen LogP contribution in [0.1, 0.15) is 186 Å². The van der Waals surface area contributed by atoms with Gasteiger partial charge in [-0.05, 0) is 30.5 Å². The lowest BCUT2D eigenvalue weighted by Gasteiger charge is -2.04. The smallest absolute Gasteiger partial charge is 0.0270 e. The van der Waals surface area contributed by atoms with Crippen molar-refractivity contribution in [2.75, 3.05) is 0 Å². The maximum Gasteiger partial charge on any atom is 0.0270 e. The third-order valence-electron chi connectivity index (χ3n) is 7.64. The zero-order chi connectivity index (χ0) is 24.9. The summed E-state index contributed by atoms with van der Waals surface area (Å²) in [4.78, 5) is 4.07. The standard InChI is InChI=1S/C34H62N/c1-2-3-4-5-6-7-8-9-10-11-12-13-14-15-16-17-18-19-20-21-22-23-24-25-26-27-28-29-34-30-32-35-33-31-34/h29-33H,2-28H2,1H3. The molecule has 0 saturated carbocycles. The molecular formula is C34H62N. The second-order valence-corrected chi connectivity index (χ2v) is 11.1. The fourth-order valence-corrected chi connectivity index (χ4v) is 5.23. The molecule has 1 aromatic heterocycles. The number of rotatable bonds is 28. The molecule has 1 rings (SSSR count). The van der Waals surface area contributed by atoms with Crippen LogP contribution in [0.4, 0.5) is 0 Å². The van der Waals surface area contributed by atoms with E-state index in [0.717, 1.165) is 0 Å². The zero-order valence-corrected chi connectivity index (χ0v) is 23.9. The Hall–Kier alpha value is -0.850. The van der Waals surface area contributed by atoms with Crippen molar-refractivity contribution in [2.45, 2.75) is 180 Å². The molecule has 1 aromatic rings. The predicted octanol–water partition coefficient (Wildman–Crippen LogP) is 12.2.